The number of carbonyl (C=O) groups is 1. The smallest absolute Gasteiger partial charge is 0.196 e. The summed E-state index contributed by atoms with van der Waals surface area (Å²) in [5, 5.41) is 29.0. The predicted octanol–water partition coefficient (Wildman–Crippen LogP) is 3.07. The van der Waals surface area contributed by atoms with Crippen molar-refractivity contribution in [2.24, 2.45) is 0 Å². The number of methoxy groups -OCH3 is 1. The molecule has 134 valence electrons. The molecule has 0 saturated carbocycles. The van der Waals surface area contributed by atoms with Crippen molar-refractivity contribution in [1.29, 1.82) is 0 Å². The lowest BCUT2D eigenvalue weighted by Crippen LogP contribution is -2.05. The summed E-state index contributed by atoms with van der Waals surface area (Å²) >= 11 is 0. The first-order valence-electron chi connectivity index (χ1n) is 8.14. The van der Waals surface area contributed by atoms with Crippen LogP contribution < -0.4 is 4.74 Å². The molecule has 7 heteroatoms. The van der Waals surface area contributed by atoms with Crippen molar-refractivity contribution in [3.05, 3.63) is 71.8 Å². The number of hydrogen-bond donors (Lipinski definition) is 2. The summed E-state index contributed by atoms with van der Waals surface area (Å²) in [4.78, 5) is 14.0. The summed E-state index contributed by atoms with van der Waals surface area (Å²) in [6, 6.07) is 16.3. The van der Waals surface area contributed by atoms with Crippen LogP contribution in [0.3, 0.4) is 0 Å². The van der Waals surface area contributed by atoms with Gasteiger partial charge < -0.3 is 14.9 Å². The third kappa shape index (κ3) is 2.95. The average Bonchev–Trinajstić information content (AvgIpc) is 3.11. The number of rotatable bonds is 4. The van der Waals surface area contributed by atoms with Gasteiger partial charge in [0.25, 0.3) is 0 Å². The van der Waals surface area contributed by atoms with Gasteiger partial charge >= 0.3 is 0 Å². The van der Waals surface area contributed by atoms with Crippen molar-refractivity contribution < 1.29 is 19.7 Å². The molecule has 27 heavy (non-hydrogen) atoms. The number of hydrogen-bond acceptors (Lipinski definition) is 6. The standard InChI is InChI=1S/C20H15N3O4/c1-27-13-8-6-12(7-9-13)20(26)14-10-17(19(25)11-18(14)24)23-21-15-4-2-3-5-16(15)22-23/h2-11,24-25H,1H3. The summed E-state index contributed by atoms with van der Waals surface area (Å²) in [5.41, 5.74) is 1.90. The van der Waals surface area contributed by atoms with Crippen LogP contribution in [0.1, 0.15) is 15.9 Å². The van der Waals surface area contributed by atoms with Crippen LogP contribution in [0, 0.1) is 0 Å². The first-order chi connectivity index (χ1) is 13.1. The third-order valence-electron chi connectivity index (χ3n) is 4.19. The van der Waals surface area contributed by atoms with Gasteiger partial charge in [0.1, 0.15) is 34.0 Å². The molecule has 0 atom stereocenters. The van der Waals surface area contributed by atoms with Crippen LogP contribution >= 0.6 is 0 Å². The Balaban J connectivity index is 1.79. The Kier molecular flexibility index (Phi) is 3.97. The zero-order valence-corrected chi connectivity index (χ0v) is 14.3. The number of ether oxygens (including phenoxy) is 1. The summed E-state index contributed by atoms with van der Waals surface area (Å²) in [7, 11) is 1.54. The minimum atomic E-state index is -0.395. The van der Waals surface area contributed by atoms with Gasteiger partial charge in [-0.1, -0.05) is 12.1 Å². The molecule has 2 N–H and O–H groups in total. The Bertz CT molecular complexity index is 1120. The fourth-order valence-electron chi connectivity index (χ4n) is 2.77. The predicted molar refractivity (Wildman–Crippen MR) is 98.6 cm³/mol. The van der Waals surface area contributed by atoms with Crippen molar-refractivity contribution in [2.75, 3.05) is 7.11 Å². The van der Waals surface area contributed by atoms with E-state index in [9.17, 15) is 15.0 Å². The van der Waals surface area contributed by atoms with Crippen LogP contribution in [0.2, 0.25) is 0 Å². The third-order valence-corrected chi connectivity index (χ3v) is 4.19. The molecule has 4 aromatic rings. The van der Waals surface area contributed by atoms with Crippen LogP contribution in [0.25, 0.3) is 16.7 Å². The molecule has 1 aromatic heterocycles. The molecule has 0 amide bonds. The van der Waals surface area contributed by atoms with E-state index in [0.29, 0.717) is 22.3 Å². The molecule has 0 saturated heterocycles. The molecular weight excluding hydrogens is 346 g/mol. The van der Waals surface area contributed by atoms with E-state index in [1.165, 1.54) is 18.0 Å². The highest BCUT2D eigenvalue weighted by molar-refractivity contribution is 6.11. The number of phenols is 2. The minimum Gasteiger partial charge on any atom is -0.507 e. The summed E-state index contributed by atoms with van der Waals surface area (Å²) in [5.74, 6) is -0.337. The molecule has 0 aliphatic heterocycles. The van der Waals surface area contributed by atoms with Crippen molar-refractivity contribution in [1.82, 2.24) is 15.0 Å². The lowest BCUT2D eigenvalue weighted by Gasteiger charge is -2.09. The second-order valence-corrected chi connectivity index (χ2v) is 5.89. The van der Waals surface area contributed by atoms with E-state index >= 15 is 0 Å². The molecule has 4 rings (SSSR count). The number of ketones is 1. The van der Waals surface area contributed by atoms with Crippen molar-refractivity contribution in [2.45, 2.75) is 0 Å². The monoisotopic (exact) mass is 361 g/mol. The molecule has 3 aromatic carbocycles. The second kappa shape index (κ2) is 6.45. The van der Waals surface area contributed by atoms with Gasteiger partial charge in [-0.25, -0.2) is 0 Å². The Morgan fingerprint density at radius 2 is 1.56 bits per heavy atom. The fraction of sp³-hybridized carbons (Fsp3) is 0.0500. The summed E-state index contributed by atoms with van der Waals surface area (Å²) < 4.78 is 5.09. The topological polar surface area (TPSA) is 97.5 Å². The molecule has 7 nitrogen and oxygen atoms in total. The maximum atomic E-state index is 12.8. The number of fused-ring (bicyclic) bond motifs is 1. The highest BCUT2D eigenvalue weighted by Crippen LogP contribution is 2.31. The fourth-order valence-corrected chi connectivity index (χ4v) is 2.77. The van der Waals surface area contributed by atoms with E-state index in [1.54, 1.807) is 36.4 Å². The summed E-state index contributed by atoms with van der Waals surface area (Å²) in [6.07, 6.45) is 0. The number of carbonyl (C=O) groups excluding carboxylic acids is 1. The normalized spacial score (nSPS) is 10.9. The molecule has 0 aliphatic rings. The lowest BCUT2D eigenvalue weighted by molar-refractivity contribution is 0.103. The van der Waals surface area contributed by atoms with Gasteiger partial charge in [-0.05, 0) is 42.5 Å². The SMILES string of the molecule is COc1ccc(C(=O)c2cc(-n3nc4ccccc4n3)c(O)cc2O)cc1. The molecule has 0 aliphatic carbocycles. The molecular formula is C20H15N3O4. The molecule has 0 bridgehead atoms. The van der Waals surface area contributed by atoms with E-state index in [2.05, 4.69) is 10.2 Å². The van der Waals surface area contributed by atoms with Crippen LogP contribution in [-0.4, -0.2) is 38.1 Å². The van der Waals surface area contributed by atoms with Crippen LogP contribution in [-0.2, 0) is 0 Å². The Morgan fingerprint density at radius 3 is 2.15 bits per heavy atom. The van der Waals surface area contributed by atoms with Gasteiger partial charge in [0.15, 0.2) is 5.78 Å². The van der Waals surface area contributed by atoms with Crippen LogP contribution in [0.4, 0.5) is 0 Å². The Morgan fingerprint density at radius 1 is 0.926 bits per heavy atom. The second-order valence-electron chi connectivity index (χ2n) is 5.89. The zero-order valence-electron chi connectivity index (χ0n) is 14.3. The molecule has 0 unspecified atom stereocenters. The number of aromatic nitrogens is 3. The number of aromatic hydroxyl groups is 2. The van der Waals surface area contributed by atoms with E-state index in [4.69, 9.17) is 4.74 Å². The van der Waals surface area contributed by atoms with Gasteiger partial charge in [-0.15, -0.1) is 15.0 Å². The molecule has 1 heterocycles. The summed E-state index contributed by atoms with van der Waals surface area (Å²) in [6.45, 7) is 0. The van der Waals surface area contributed by atoms with Crippen LogP contribution in [0.5, 0.6) is 17.2 Å². The van der Waals surface area contributed by atoms with E-state index < -0.39 is 5.78 Å². The number of benzene rings is 3. The molecule has 0 fully saturated rings. The first-order valence-corrected chi connectivity index (χ1v) is 8.14. The number of phenolic OH excluding ortho intramolecular Hbond substituents is 2. The largest absolute Gasteiger partial charge is 0.507 e. The van der Waals surface area contributed by atoms with Gasteiger partial charge in [0, 0.05) is 11.6 Å². The average molecular weight is 361 g/mol. The lowest BCUT2D eigenvalue weighted by atomic mass is 10.0. The molecule has 0 spiro atoms. The van der Waals surface area contributed by atoms with E-state index in [-0.39, 0.29) is 22.7 Å². The van der Waals surface area contributed by atoms with E-state index in [1.807, 2.05) is 12.1 Å². The van der Waals surface area contributed by atoms with Crippen molar-refractivity contribution in [3.8, 4) is 22.9 Å². The van der Waals surface area contributed by atoms with Gasteiger partial charge in [-0.2, -0.15) is 0 Å². The highest BCUT2D eigenvalue weighted by atomic mass is 16.5. The van der Waals surface area contributed by atoms with Crippen molar-refractivity contribution >= 4 is 16.8 Å². The maximum Gasteiger partial charge on any atom is 0.196 e. The zero-order chi connectivity index (χ0) is 19.0. The van der Waals surface area contributed by atoms with Crippen LogP contribution in [0.15, 0.2) is 60.7 Å². The first kappa shape index (κ1) is 16.6. The molecule has 0 radical (unpaired) electrons. The maximum absolute atomic E-state index is 12.8. The Hall–Kier alpha value is -3.87. The van der Waals surface area contributed by atoms with Gasteiger partial charge in [-0.3, -0.25) is 4.79 Å². The van der Waals surface area contributed by atoms with E-state index in [0.717, 1.165) is 6.07 Å². The number of nitrogens with zero attached hydrogens (tertiary/aromatic N) is 3. The minimum absolute atomic E-state index is 0.0364. The van der Waals surface area contributed by atoms with Crippen molar-refractivity contribution in [3.63, 3.8) is 0 Å². The van der Waals surface area contributed by atoms with Gasteiger partial charge in [0.05, 0.1) is 12.7 Å². The quantitative estimate of drug-likeness (QED) is 0.542. The highest BCUT2D eigenvalue weighted by Gasteiger charge is 2.19. The Labute approximate surface area is 154 Å². The van der Waals surface area contributed by atoms with Gasteiger partial charge in [0.2, 0.25) is 0 Å².